The van der Waals surface area contributed by atoms with Crippen molar-refractivity contribution in [2.45, 2.75) is 45.6 Å². The van der Waals surface area contributed by atoms with E-state index >= 15 is 0 Å². The molecule has 88 valence electrons. The van der Waals surface area contributed by atoms with Crippen LogP contribution < -0.4 is 5.32 Å². The van der Waals surface area contributed by atoms with Crippen LogP contribution >= 0.6 is 0 Å². The summed E-state index contributed by atoms with van der Waals surface area (Å²) in [6.45, 7) is 10.0. The summed E-state index contributed by atoms with van der Waals surface area (Å²) in [6, 6.07) is 0.813. The maximum atomic E-state index is 3.46. The first-order valence-corrected chi connectivity index (χ1v) is 6.72. The lowest BCUT2D eigenvalue weighted by atomic mass is 9.91. The van der Waals surface area contributed by atoms with Crippen molar-refractivity contribution >= 4 is 0 Å². The molecule has 0 aliphatic carbocycles. The molecule has 2 aliphatic rings. The average molecular weight is 210 g/mol. The molecule has 1 N–H and O–H groups in total. The smallest absolute Gasteiger partial charge is 0.00925 e. The first-order chi connectivity index (χ1) is 7.27. The Morgan fingerprint density at radius 3 is 2.87 bits per heavy atom. The summed E-state index contributed by atoms with van der Waals surface area (Å²) in [6.07, 6.45) is 5.65. The monoisotopic (exact) mass is 210 g/mol. The summed E-state index contributed by atoms with van der Waals surface area (Å²) in [5.74, 6) is 1.86. The molecular weight excluding hydrogens is 184 g/mol. The van der Waals surface area contributed by atoms with Crippen LogP contribution in [0, 0.1) is 11.8 Å². The highest BCUT2D eigenvalue weighted by Gasteiger charge is 2.25. The third kappa shape index (κ3) is 2.94. The van der Waals surface area contributed by atoms with Gasteiger partial charge in [0.25, 0.3) is 0 Å². The van der Waals surface area contributed by atoms with Crippen LogP contribution in [0.5, 0.6) is 0 Å². The minimum absolute atomic E-state index is 0.813. The number of piperidine rings is 1. The fraction of sp³-hybridized carbons (Fsp3) is 1.00. The molecule has 0 aromatic heterocycles. The number of rotatable bonds is 3. The minimum Gasteiger partial charge on any atom is -0.316 e. The molecule has 0 spiro atoms. The van der Waals surface area contributed by atoms with E-state index in [1.807, 2.05) is 0 Å². The second-order valence-electron chi connectivity index (χ2n) is 5.54. The van der Waals surface area contributed by atoms with Crippen molar-refractivity contribution in [3.63, 3.8) is 0 Å². The van der Waals surface area contributed by atoms with Crippen LogP contribution in [0.15, 0.2) is 0 Å². The molecule has 2 rings (SSSR count). The molecule has 0 aromatic carbocycles. The van der Waals surface area contributed by atoms with E-state index in [1.165, 1.54) is 51.9 Å². The SMILES string of the molecule is CC1CCCN(CCC2CCNC2)C1C. The highest BCUT2D eigenvalue weighted by molar-refractivity contribution is 4.80. The molecule has 2 nitrogen and oxygen atoms in total. The zero-order valence-corrected chi connectivity index (χ0v) is 10.3. The van der Waals surface area contributed by atoms with Crippen molar-refractivity contribution in [2.75, 3.05) is 26.2 Å². The van der Waals surface area contributed by atoms with Gasteiger partial charge >= 0.3 is 0 Å². The molecule has 0 saturated carbocycles. The predicted octanol–water partition coefficient (Wildman–Crippen LogP) is 2.11. The highest BCUT2D eigenvalue weighted by atomic mass is 15.2. The van der Waals surface area contributed by atoms with Gasteiger partial charge in [0.2, 0.25) is 0 Å². The summed E-state index contributed by atoms with van der Waals surface area (Å²) < 4.78 is 0. The molecule has 2 aliphatic heterocycles. The van der Waals surface area contributed by atoms with Crippen LogP contribution in [0.25, 0.3) is 0 Å². The van der Waals surface area contributed by atoms with E-state index in [9.17, 15) is 0 Å². The molecule has 0 bridgehead atoms. The van der Waals surface area contributed by atoms with Crippen molar-refractivity contribution in [2.24, 2.45) is 11.8 Å². The Bertz CT molecular complexity index is 187. The Hall–Kier alpha value is -0.0800. The Morgan fingerprint density at radius 2 is 2.13 bits per heavy atom. The van der Waals surface area contributed by atoms with Crippen molar-refractivity contribution in [3.8, 4) is 0 Å². The Labute approximate surface area is 94.4 Å². The predicted molar refractivity (Wildman–Crippen MR) is 65.0 cm³/mol. The first kappa shape index (κ1) is 11.4. The quantitative estimate of drug-likeness (QED) is 0.767. The van der Waals surface area contributed by atoms with Crippen LogP contribution in [0.2, 0.25) is 0 Å². The van der Waals surface area contributed by atoms with Gasteiger partial charge in [-0.25, -0.2) is 0 Å². The molecule has 2 heterocycles. The maximum absolute atomic E-state index is 3.46. The van der Waals surface area contributed by atoms with Gasteiger partial charge in [0.05, 0.1) is 0 Å². The van der Waals surface area contributed by atoms with Crippen LogP contribution in [-0.4, -0.2) is 37.1 Å². The molecule has 15 heavy (non-hydrogen) atoms. The molecule has 0 amide bonds. The van der Waals surface area contributed by atoms with Crippen molar-refractivity contribution in [1.29, 1.82) is 0 Å². The minimum atomic E-state index is 0.813. The number of nitrogens with one attached hydrogen (secondary N) is 1. The fourth-order valence-electron chi connectivity index (χ4n) is 3.05. The lowest BCUT2D eigenvalue weighted by Gasteiger charge is -2.38. The molecule has 2 heteroatoms. The summed E-state index contributed by atoms with van der Waals surface area (Å²) in [4.78, 5) is 2.71. The lowest BCUT2D eigenvalue weighted by Crippen LogP contribution is -2.43. The second kappa shape index (κ2) is 5.31. The summed E-state index contributed by atoms with van der Waals surface area (Å²) >= 11 is 0. The Kier molecular flexibility index (Phi) is 4.04. The number of hydrogen-bond donors (Lipinski definition) is 1. The summed E-state index contributed by atoms with van der Waals surface area (Å²) in [5.41, 5.74) is 0. The fourth-order valence-corrected chi connectivity index (χ4v) is 3.05. The maximum Gasteiger partial charge on any atom is 0.00925 e. The molecular formula is C13H26N2. The summed E-state index contributed by atoms with van der Waals surface area (Å²) in [5, 5.41) is 3.46. The van der Waals surface area contributed by atoms with Gasteiger partial charge in [0, 0.05) is 6.04 Å². The zero-order valence-electron chi connectivity index (χ0n) is 10.3. The van der Waals surface area contributed by atoms with Crippen LogP contribution in [0.1, 0.15) is 39.5 Å². The van der Waals surface area contributed by atoms with Gasteiger partial charge in [-0.15, -0.1) is 0 Å². The van der Waals surface area contributed by atoms with Gasteiger partial charge in [-0.3, -0.25) is 0 Å². The van der Waals surface area contributed by atoms with E-state index in [4.69, 9.17) is 0 Å². The Morgan fingerprint density at radius 1 is 1.27 bits per heavy atom. The third-order valence-corrected chi connectivity index (χ3v) is 4.49. The first-order valence-electron chi connectivity index (χ1n) is 6.72. The molecule has 2 saturated heterocycles. The van der Waals surface area contributed by atoms with Gasteiger partial charge in [-0.1, -0.05) is 6.92 Å². The van der Waals surface area contributed by atoms with E-state index in [0.717, 1.165) is 17.9 Å². The number of nitrogens with zero attached hydrogens (tertiary/aromatic N) is 1. The third-order valence-electron chi connectivity index (χ3n) is 4.49. The average Bonchev–Trinajstić information content (AvgIpc) is 2.73. The van der Waals surface area contributed by atoms with E-state index in [-0.39, 0.29) is 0 Å². The standard InChI is InChI=1S/C13H26N2/c1-11-4-3-8-15(12(11)2)9-6-13-5-7-14-10-13/h11-14H,3-10H2,1-2H3. The van der Waals surface area contributed by atoms with Gasteiger partial charge < -0.3 is 10.2 Å². The summed E-state index contributed by atoms with van der Waals surface area (Å²) in [7, 11) is 0. The van der Waals surface area contributed by atoms with Crippen LogP contribution in [0.4, 0.5) is 0 Å². The largest absolute Gasteiger partial charge is 0.316 e. The van der Waals surface area contributed by atoms with Gasteiger partial charge in [-0.05, 0) is 70.6 Å². The highest BCUT2D eigenvalue weighted by Crippen LogP contribution is 2.24. The molecule has 3 atom stereocenters. The Balaban J connectivity index is 1.72. The van der Waals surface area contributed by atoms with Crippen molar-refractivity contribution < 1.29 is 0 Å². The lowest BCUT2D eigenvalue weighted by molar-refractivity contribution is 0.107. The van der Waals surface area contributed by atoms with Gasteiger partial charge in [-0.2, -0.15) is 0 Å². The van der Waals surface area contributed by atoms with Crippen LogP contribution in [0.3, 0.4) is 0 Å². The number of hydrogen-bond acceptors (Lipinski definition) is 2. The molecule has 2 fully saturated rings. The number of likely N-dealkylation sites (tertiary alicyclic amines) is 1. The van der Waals surface area contributed by atoms with Crippen LogP contribution in [-0.2, 0) is 0 Å². The van der Waals surface area contributed by atoms with E-state index in [1.54, 1.807) is 0 Å². The normalized spacial score (nSPS) is 38.4. The zero-order chi connectivity index (χ0) is 10.7. The molecule has 3 unspecified atom stereocenters. The molecule has 0 aromatic rings. The van der Waals surface area contributed by atoms with Crippen molar-refractivity contribution in [1.82, 2.24) is 10.2 Å². The van der Waals surface area contributed by atoms with Gasteiger partial charge in [0.1, 0.15) is 0 Å². The van der Waals surface area contributed by atoms with Gasteiger partial charge in [0.15, 0.2) is 0 Å². The topological polar surface area (TPSA) is 15.3 Å². The van der Waals surface area contributed by atoms with E-state index in [0.29, 0.717) is 0 Å². The van der Waals surface area contributed by atoms with E-state index < -0.39 is 0 Å². The van der Waals surface area contributed by atoms with E-state index in [2.05, 4.69) is 24.1 Å². The van der Waals surface area contributed by atoms with Crippen molar-refractivity contribution in [3.05, 3.63) is 0 Å². The second-order valence-corrected chi connectivity index (χ2v) is 5.54. The molecule has 0 radical (unpaired) electrons.